The van der Waals surface area contributed by atoms with Crippen molar-refractivity contribution in [3.8, 4) is 11.1 Å². The van der Waals surface area contributed by atoms with Gasteiger partial charge in [0.05, 0.1) is 6.42 Å². The lowest BCUT2D eigenvalue weighted by Crippen LogP contribution is -2.58. The van der Waals surface area contributed by atoms with Crippen molar-refractivity contribution < 1.29 is 14.0 Å². The van der Waals surface area contributed by atoms with E-state index in [0.29, 0.717) is 25.1 Å². The fourth-order valence-electron chi connectivity index (χ4n) is 3.92. The third kappa shape index (κ3) is 4.79. The molecule has 1 aliphatic heterocycles. The second-order valence-electron chi connectivity index (χ2n) is 7.81. The minimum Gasteiger partial charge on any atom is -0.342 e. The van der Waals surface area contributed by atoms with Gasteiger partial charge < -0.3 is 9.80 Å². The first-order valence-electron chi connectivity index (χ1n) is 10.3. The summed E-state index contributed by atoms with van der Waals surface area (Å²) in [4.78, 5) is 33.4. The SMILES string of the molecule is CN1CCN(C(=O)Cc2cccc(F)c2)[C@@H](Cc2ccc(-c3cccnc3)cc2)C1=O. The monoisotopic (exact) mass is 417 g/mol. The Morgan fingerprint density at radius 3 is 2.55 bits per heavy atom. The van der Waals surface area contributed by atoms with Gasteiger partial charge in [0.1, 0.15) is 11.9 Å². The molecule has 1 aliphatic rings. The molecule has 0 N–H and O–H groups in total. The van der Waals surface area contributed by atoms with Crippen LogP contribution in [0.1, 0.15) is 11.1 Å². The van der Waals surface area contributed by atoms with Crippen LogP contribution in [-0.4, -0.2) is 52.8 Å². The van der Waals surface area contributed by atoms with Gasteiger partial charge in [-0.15, -0.1) is 0 Å². The van der Waals surface area contributed by atoms with E-state index in [9.17, 15) is 14.0 Å². The molecule has 2 aromatic carbocycles. The van der Waals surface area contributed by atoms with E-state index >= 15 is 0 Å². The Morgan fingerprint density at radius 2 is 1.84 bits per heavy atom. The molecule has 5 nitrogen and oxygen atoms in total. The van der Waals surface area contributed by atoms with Crippen molar-refractivity contribution in [2.75, 3.05) is 20.1 Å². The van der Waals surface area contributed by atoms with Gasteiger partial charge in [0.25, 0.3) is 0 Å². The van der Waals surface area contributed by atoms with E-state index in [0.717, 1.165) is 16.7 Å². The third-order valence-corrected chi connectivity index (χ3v) is 5.66. The van der Waals surface area contributed by atoms with Gasteiger partial charge in [0, 0.05) is 39.0 Å². The highest BCUT2D eigenvalue weighted by atomic mass is 19.1. The summed E-state index contributed by atoms with van der Waals surface area (Å²) in [5.74, 6) is -0.607. The first kappa shape index (κ1) is 20.7. The Balaban J connectivity index is 1.52. The lowest BCUT2D eigenvalue weighted by atomic mass is 9.98. The predicted molar refractivity (Wildman–Crippen MR) is 117 cm³/mol. The molecule has 0 bridgehead atoms. The van der Waals surface area contributed by atoms with Crippen molar-refractivity contribution in [1.82, 2.24) is 14.8 Å². The van der Waals surface area contributed by atoms with Crippen molar-refractivity contribution in [1.29, 1.82) is 0 Å². The van der Waals surface area contributed by atoms with Crippen LogP contribution in [0.15, 0.2) is 73.1 Å². The lowest BCUT2D eigenvalue weighted by molar-refractivity contribution is -0.149. The number of nitrogens with zero attached hydrogens (tertiary/aromatic N) is 3. The molecule has 0 spiro atoms. The van der Waals surface area contributed by atoms with E-state index in [4.69, 9.17) is 0 Å². The summed E-state index contributed by atoms with van der Waals surface area (Å²) in [5, 5.41) is 0. The van der Waals surface area contributed by atoms with Crippen molar-refractivity contribution >= 4 is 11.8 Å². The maximum atomic E-state index is 13.5. The van der Waals surface area contributed by atoms with Gasteiger partial charge in [-0.1, -0.05) is 42.5 Å². The number of carbonyl (C=O) groups excluding carboxylic acids is 2. The van der Waals surface area contributed by atoms with Crippen molar-refractivity contribution in [2.24, 2.45) is 0 Å². The number of piperazine rings is 1. The van der Waals surface area contributed by atoms with Gasteiger partial charge in [-0.05, 0) is 40.5 Å². The van der Waals surface area contributed by atoms with Crippen LogP contribution in [-0.2, 0) is 22.4 Å². The highest BCUT2D eigenvalue weighted by Crippen LogP contribution is 2.22. The van der Waals surface area contributed by atoms with Crippen LogP contribution in [0.4, 0.5) is 4.39 Å². The molecule has 0 unspecified atom stereocenters. The summed E-state index contributed by atoms with van der Waals surface area (Å²) in [5.41, 5.74) is 3.65. The molecule has 158 valence electrons. The summed E-state index contributed by atoms with van der Waals surface area (Å²) in [6.45, 7) is 0.957. The highest BCUT2D eigenvalue weighted by Gasteiger charge is 2.35. The van der Waals surface area contributed by atoms with Crippen LogP contribution in [0.3, 0.4) is 0 Å². The average Bonchev–Trinajstić information content (AvgIpc) is 2.78. The smallest absolute Gasteiger partial charge is 0.245 e. The normalized spacial score (nSPS) is 16.5. The zero-order valence-electron chi connectivity index (χ0n) is 17.4. The summed E-state index contributed by atoms with van der Waals surface area (Å²) in [6.07, 6.45) is 4.05. The maximum Gasteiger partial charge on any atom is 0.245 e. The summed E-state index contributed by atoms with van der Waals surface area (Å²) < 4.78 is 13.5. The standard InChI is InChI=1S/C25H24FN3O2/c1-28-12-13-29(24(30)16-19-4-2-6-22(26)14-19)23(25(28)31)15-18-7-9-20(10-8-18)21-5-3-11-27-17-21/h2-11,14,17,23H,12-13,15-16H2,1H3/t23-/m0/s1. The van der Waals surface area contributed by atoms with Crippen LogP contribution in [0, 0.1) is 5.82 Å². The number of hydrogen-bond acceptors (Lipinski definition) is 3. The van der Waals surface area contributed by atoms with Crippen LogP contribution in [0.2, 0.25) is 0 Å². The summed E-state index contributed by atoms with van der Waals surface area (Å²) >= 11 is 0. The molecule has 1 atom stereocenters. The Bertz CT molecular complexity index is 1070. The Kier molecular flexibility index (Phi) is 6.07. The number of halogens is 1. The van der Waals surface area contributed by atoms with Crippen molar-refractivity contribution in [3.05, 3.63) is 90.0 Å². The number of aromatic nitrogens is 1. The van der Waals surface area contributed by atoms with E-state index in [2.05, 4.69) is 4.98 Å². The molecule has 3 aromatic rings. The van der Waals surface area contributed by atoms with Crippen LogP contribution in [0.25, 0.3) is 11.1 Å². The number of hydrogen-bond donors (Lipinski definition) is 0. The number of likely N-dealkylation sites (N-methyl/N-ethyl adjacent to an activating group) is 1. The average molecular weight is 417 g/mol. The van der Waals surface area contributed by atoms with Crippen LogP contribution in [0.5, 0.6) is 0 Å². The van der Waals surface area contributed by atoms with Gasteiger partial charge in [0.15, 0.2) is 0 Å². The minimum absolute atomic E-state index is 0.0739. The van der Waals surface area contributed by atoms with Crippen molar-refractivity contribution in [2.45, 2.75) is 18.9 Å². The van der Waals surface area contributed by atoms with E-state index in [1.807, 2.05) is 36.4 Å². The molecule has 1 saturated heterocycles. The second-order valence-corrected chi connectivity index (χ2v) is 7.81. The highest BCUT2D eigenvalue weighted by molar-refractivity contribution is 5.89. The molecule has 2 heterocycles. The van der Waals surface area contributed by atoms with Crippen molar-refractivity contribution in [3.63, 3.8) is 0 Å². The molecular formula is C25H24FN3O2. The summed E-state index contributed by atoms with van der Waals surface area (Å²) in [6, 6.07) is 17.3. The van der Waals surface area contributed by atoms with Gasteiger partial charge >= 0.3 is 0 Å². The Hall–Kier alpha value is -3.54. The molecule has 2 amide bonds. The van der Waals surface area contributed by atoms with E-state index < -0.39 is 6.04 Å². The summed E-state index contributed by atoms with van der Waals surface area (Å²) in [7, 11) is 1.76. The van der Waals surface area contributed by atoms with E-state index in [1.54, 1.807) is 41.4 Å². The lowest BCUT2D eigenvalue weighted by Gasteiger charge is -2.39. The molecule has 0 aliphatic carbocycles. The fraction of sp³-hybridized carbons (Fsp3) is 0.240. The van der Waals surface area contributed by atoms with E-state index in [-0.39, 0.29) is 24.1 Å². The molecule has 0 radical (unpaired) electrons. The number of amides is 2. The predicted octanol–water partition coefficient (Wildman–Crippen LogP) is 3.34. The second kappa shape index (κ2) is 9.08. The molecular weight excluding hydrogens is 393 g/mol. The van der Waals surface area contributed by atoms with Crippen LogP contribution < -0.4 is 0 Å². The molecule has 0 saturated carbocycles. The number of pyridine rings is 1. The molecule has 4 rings (SSSR count). The van der Waals surface area contributed by atoms with Gasteiger partial charge in [-0.25, -0.2) is 4.39 Å². The Labute approximate surface area is 181 Å². The number of carbonyl (C=O) groups is 2. The third-order valence-electron chi connectivity index (χ3n) is 5.66. The molecule has 1 fully saturated rings. The van der Waals surface area contributed by atoms with E-state index in [1.165, 1.54) is 12.1 Å². The molecule has 6 heteroatoms. The molecule has 1 aromatic heterocycles. The fourth-order valence-corrected chi connectivity index (χ4v) is 3.92. The Morgan fingerprint density at radius 1 is 1.03 bits per heavy atom. The first-order valence-corrected chi connectivity index (χ1v) is 10.3. The quantitative estimate of drug-likeness (QED) is 0.640. The zero-order valence-corrected chi connectivity index (χ0v) is 17.4. The minimum atomic E-state index is -0.566. The van der Waals surface area contributed by atoms with Gasteiger partial charge in [-0.2, -0.15) is 0 Å². The van der Waals surface area contributed by atoms with Gasteiger partial charge in [0.2, 0.25) is 11.8 Å². The topological polar surface area (TPSA) is 53.5 Å². The first-order chi connectivity index (χ1) is 15.0. The number of rotatable bonds is 5. The van der Waals surface area contributed by atoms with Gasteiger partial charge in [-0.3, -0.25) is 14.6 Å². The zero-order chi connectivity index (χ0) is 21.8. The molecule has 31 heavy (non-hydrogen) atoms. The largest absolute Gasteiger partial charge is 0.342 e. The van der Waals surface area contributed by atoms with Crippen LogP contribution >= 0.6 is 0 Å². The maximum absolute atomic E-state index is 13.5. The number of benzene rings is 2.